The Morgan fingerprint density at radius 2 is 0.825 bits per heavy atom. The summed E-state index contributed by atoms with van der Waals surface area (Å²) in [6, 6.07) is 5.04. The topological polar surface area (TPSA) is 27.7 Å². The zero-order valence-corrected chi connectivity index (χ0v) is 35.9. The van der Waals surface area contributed by atoms with Crippen LogP contribution in [0.3, 0.4) is 0 Å². The van der Waals surface area contributed by atoms with Crippen LogP contribution in [-0.4, -0.2) is 31.4 Å². The van der Waals surface area contributed by atoms with Gasteiger partial charge in [0.05, 0.1) is 31.0 Å². The van der Waals surface area contributed by atoms with Gasteiger partial charge >= 0.3 is 7.32 Å². The van der Waals surface area contributed by atoms with Crippen LogP contribution in [0.25, 0.3) is 0 Å². The number of quaternary nitrogens is 1. The third kappa shape index (κ3) is 15.3. The van der Waals surface area contributed by atoms with Gasteiger partial charge in [-0.05, 0) is 25.7 Å². The van der Waals surface area contributed by atoms with Gasteiger partial charge in [-0.3, -0.25) is 8.78 Å². The van der Waals surface area contributed by atoms with Crippen LogP contribution >= 0.6 is 0 Å². The lowest BCUT2D eigenvalue weighted by atomic mass is 9.92. The predicted molar refractivity (Wildman–Crippen MR) is 217 cm³/mol. The van der Waals surface area contributed by atoms with Gasteiger partial charge in [-0.15, -0.1) is 12.1 Å². The Balaban J connectivity index is 0.00000104. The average molecular weight is 908 g/mol. The van der Waals surface area contributed by atoms with Crippen LogP contribution in [0.15, 0.2) is 42.5 Å². The van der Waals surface area contributed by atoms with E-state index in [9.17, 15) is 39.5 Å². The zero-order chi connectivity index (χ0) is 46.7. The van der Waals surface area contributed by atoms with Crippen molar-refractivity contribution < 1.29 is 71.1 Å². The van der Waals surface area contributed by atoms with Crippen molar-refractivity contribution in [3.63, 3.8) is 0 Å². The summed E-state index contributed by atoms with van der Waals surface area (Å²) in [6.45, 7) is 9.96. The molecule has 0 aliphatic heterocycles. The van der Waals surface area contributed by atoms with Crippen molar-refractivity contribution in [2.45, 2.75) is 124 Å². The molecule has 1 unspecified atom stereocenters. The molecular formula is C46H54BF12NO3. The van der Waals surface area contributed by atoms with E-state index >= 15 is 13.2 Å². The van der Waals surface area contributed by atoms with Crippen molar-refractivity contribution in [1.82, 2.24) is 0 Å². The van der Waals surface area contributed by atoms with Gasteiger partial charge in [-0.2, -0.15) is 6.07 Å². The summed E-state index contributed by atoms with van der Waals surface area (Å²) in [6.07, 6.45) is 11.7. The molecule has 0 fully saturated rings. The number of rotatable bonds is 25. The molecule has 0 heterocycles. The van der Waals surface area contributed by atoms with E-state index < -0.39 is 100 Å². The van der Waals surface area contributed by atoms with Crippen LogP contribution in [0.1, 0.15) is 129 Å². The fraction of sp³-hybridized carbons (Fsp3) is 0.478. The number of nitrogens with zero attached hydrogens (tertiary/aromatic N) is 1. The van der Waals surface area contributed by atoms with E-state index in [0.717, 1.165) is 89.2 Å². The minimum absolute atomic E-state index is 0.326. The first kappa shape index (κ1) is 52.8. The van der Waals surface area contributed by atoms with Crippen LogP contribution in [0, 0.1) is 75.9 Å². The van der Waals surface area contributed by atoms with Crippen LogP contribution in [0.2, 0.25) is 0 Å². The lowest BCUT2D eigenvalue weighted by molar-refractivity contribution is -0.958. The Morgan fingerprint density at radius 3 is 1.24 bits per heavy atom. The van der Waals surface area contributed by atoms with E-state index in [4.69, 9.17) is 14.0 Å². The zero-order valence-electron chi connectivity index (χ0n) is 35.9. The third-order valence-electron chi connectivity index (χ3n) is 10.6. The molecule has 0 spiro atoms. The van der Waals surface area contributed by atoms with Crippen molar-refractivity contribution in [3.8, 4) is 17.2 Å². The van der Waals surface area contributed by atoms with E-state index in [1.165, 1.54) is 0 Å². The van der Waals surface area contributed by atoms with Crippen LogP contribution in [0.4, 0.5) is 52.7 Å². The van der Waals surface area contributed by atoms with Gasteiger partial charge in [-0.1, -0.05) is 85.5 Å². The minimum atomic E-state index is -2.33. The van der Waals surface area contributed by atoms with Gasteiger partial charge in [0.15, 0.2) is 52.4 Å². The molecule has 17 heteroatoms. The molecule has 0 bridgehead atoms. The molecule has 4 aromatic rings. The van der Waals surface area contributed by atoms with E-state index in [1.807, 2.05) is 20.8 Å². The van der Waals surface area contributed by atoms with Crippen molar-refractivity contribution in [2.75, 3.05) is 19.6 Å². The Kier molecular flexibility index (Phi) is 22.0. The summed E-state index contributed by atoms with van der Waals surface area (Å²) < 4.78 is 185. The second kappa shape index (κ2) is 26.3. The molecule has 63 heavy (non-hydrogen) atoms. The van der Waals surface area contributed by atoms with Crippen LogP contribution in [-0.2, 0) is 0 Å². The Morgan fingerprint density at radius 1 is 0.444 bits per heavy atom. The molecular weight excluding hydrogens is 853 g/mol. The van der Waals surface area contributed by atoms with Gasteiger partial charge in [0.1, 0.15) is 23.3 Å². The molecule has 0 amide bonds. The number of hydrogen-bond acceptors (Lipinski definition) is 3. The van der Waals surface area contributed by atoms with Gasteiger partial charge in [0, 0.05) is 48.4 Å². The minimum Gasteiger partial charge on any atom is -0.489 e. The molecule has 4 nitrogen and oxygen atoms in total. The summed E-state index contributed by atoms with van der Waals surface area (Å²) in [5, 5.41) is 0. The number of hydrogen-bond donors (Lipinski definition) is 0. The first-order chi connectivity index (χ1) is 30.0. The first-order valence-electron chi connectivity index (χ1n) is 21.4. The SMILES string of the molecule is CCCCCCCCCC(c1c(OB(Oc2cc(F)c(F)c(F)c2)Oc2cc(F)c(F)c(F)c2)cc(F)c(F)c1F)[N+](CCCC)(CCCC)CCCC.Fc1c[c-]cc(F)c1F. The van der Waals surface area contributed by atoms with Crippen molar-refractivity contribution >= 4 is 7.32 Å². The lowest BCUT2D eigenvalue weighted by Crippen LogP contribution is -2.53. The molecule has 1 atom stereocenters. The molecule has 348 valence electrons. The average Bonchev–Trinajstić information content (AvgIpc) is 3.24. The Hall–Kier alpha value is -4.54. The molecule has 0 aliphatic carbocycles. The maximum Gasteiger partial charge on any atom is 0.864 e. The molecule has 0 aromatic heterocycles. The summed E-state index contributed by atoms with van der Waals surface area (Å²) in [7, 11) is -2.33. The largest absolute Gasteiger partial charge is 0.864 e. The highest BCUT2D eigenvalue weighted by atomic mass is 19.2. The lowest BCUT2D eigenvalue weighted by Gasteiger charge is -2.46. The van der Waals surface area contributed by atoms with Crippen molar-refractivity contribution in [2.24, 2.45) is 0 Å². The standard InChI is InChI=1S/C40H52BF9NO3.C6H2F3/c1-5-9-13-14-15-16-17-18-34(51(19-10-6-2,20-11-7-3)21-12-8-4)36-35(26-33(46)39(49)40(36)50)54-41(52-27-22-29(42)37(47)30(43)23-27)53-28-24-31(44)38(48)32(45)25-28;7-4-2-1-3-5(8)6(4)9/h22-26,34H,5-21H2,1-4H3;2-3H/q+1;-1. The maximum absolute atomic E-state index is 16.5. The molecule has 4 aromatic carbocycles. The Labute approximate surface area is 362 Å². The van der Waals surface area contributed by atoms with Crippen LogP contribution < -0.4 is 14.0 Å². The monoisotopic (exact) mass is 907 g/mol. The molecule has 0 saturated heterocycles. The molecule has 4 rings (SSSR count). The second-order valence-electron chi connectivity index (χ2n) is 15.3. The van der Waals surface area contributed by atoms with E-state index in [-0.39, 0.29) is 5.56 Å². The Bertz CT molecular complexity index is 1890. The highest BCUT2D eigenvalue weighted by Crippen LogP contribution is 2.43. The highest BCUT2D eigenvalue weighted by Gasteiger charge is 2.43. The first-order valence-corrected chi connectivity index (χ1v) is 21.4. The summed E-state index contributed by atoms with van der Waals surface area (Å²) in [4.78, 5) is 0. The fourth-order valence-corrected chi connectivity index (χ4v) is 7.23. The predicted octanol–water partition coefficient (Wildman–Crippen LogP) is 14.8. The maximum atomic E-state index is 16.5. The summed E-state index contributed by atoms with van der Waals surface area (Å²) >= 11 is 0. The van der Waals surface area contributed by atoms with Gasteiger partial charge in [0.25, 0.3) is 0 Å². The van der Waals surface area contributed by atoms with E-state index in [2.05, 4.69) is 13.0 Å². The van der Waals surface area contributed by atoms with Crippen molar-refractivity contribution in [1.29, 1.82) is 0 Å². The molecule has 0 aliphatic rings. The van der Waals surface area contributed by atoms with Crippen molar-refractivity contribution in [3.05, 3.63) is 124 Å². The smallest absolute Gasteiger partial charge is 0.489 e. The van der Waals surface area contributed by atoms with E-state index in [1.54, 1.807) is 0 Å². The number of halogens is 12. The molecule has 0 N–H and O–H groups in total. The number of benzene rings is 4. The van der Waals surface area contributed by atoms with Gasteiger partial charge in [0.2, 0.25) is 0 Å². The summed E-state index contributed by atoms with van der Waals surface area (Å²) in [5.74, 6) is -21.2. The quantitative estimate of drug-likeness (QED) is 0.0166. The molecule has 0 radical (unpaired) electrons. The molecule has 0 saturated carbocycles. The van der Waals surface area contributed by atoms with Crippen LogP contribution in [0.5, 0.6) is 17.2 Å². The normalized spacial score (nSPS) is 11.9. The van der Waals surface area contributed by atoms with Gasteiger partial charge < -0.3 is 18.4 Å². The number of unbranched alkanes of at least 4 members (excludes halogenated alkanes) is 9. The summed E-state index contributed by atoms with van der Waals surface area (Å²) in [5.41, 5.74) is -0.326. The van der Waals surface area contributed by atoms with Gasteiger partial charge in [-0.25, -0.2) is 43.9 Å². The fourth-order valence-electron chi connectivity index (χ4n) is 7.23. The highest BCUT2D eigenvalue weighted by molar-refractivity contribution is 6.39. The second-order valence-corrected chi connectivity index (χ2v) is 15.3. The third-order valence-corrected chi connectivity index (χ3v) is 10.6. The van der Waals surface area contributed by atoms with E-state index in [0.29, 0.717) is 67.3 Å².